The second kappa shape index (κ2) is 7.62. The molecule has 0 aliphatic heterocycles. The van der Waals surface area contributed by atoms with Crippen LogP contribution in [0.5, 0.6) is 5.75 Å². The average Bonchev–Trinajstić information content (AvgIpc) is 2.34. The second-order valence-corrected chi connectivity index (χ2v) is 3.61. The highest BCUT2D eigenvalue weighted by molar-refractivity contribution is 5.92. The van der Waals surface area contributed by atoms with E-state index in [0.717, 1.165) is 19.4 Å². The van der Waals surface area contributed by atoms with E-state index < -0.39 is 0 Å². The molecule has 5 heteroatoms. The molecule has 0 saturated carbocycles. The van der Waals surface area contributed by atoms with Crippen LogP contribution in [0, 0.1) is 5.41 Å². The van der Waals surface area contributed by atoms with E-state index in [1.165, 1.54) is 0 Å². The maximum absolute atomic E-state index is 7.19. The number of unbranched alkanes of at least 4 members (excludes halogenated alkanes) is 1. The zero-order valence-corrected chi connectivity index (χ0v) is 10.1. The van der Waals surface area contributed by atoms with E-state index in [-0.39, 0.29) is 5.84 Å². The van der Waals surface area contributed by atoms with Gasteiger partial charge < -0.3 is 15.2 Å². The monoisotopic (exact) mass is 237 g/mol. The maximum Gasteiger partial charge on any atom is 0.141 e. The van der Waals surface area contributed by atoms with Crippen molar-refractivity contribution in [1.29, 1.82) is 5.41 Å². The molecule has 0 spiro atoms. The van der Waals surface area contributed by atoms with Crippen molar-refractivity contribution < 1.29 is 9.47 Å². The summed E-state index contributed by atoms with van der Waals surface area (Å²) >= 11 is 0. The molecular formula is C12H19N3O2. The topological polar surface area (TPSA) is 81.2 Å². The second-order valence-electron chi connectivity index (χ2n) is 3.61. The molecule has 17 heavy (non-hydrogen) atoms. The lowest BCUT2D eigenvalue weighted by Crippen LogP contribution is -2.13. The molecule has 1 aromatic rings. The predicted molar refractivity (Wildman–Crippen MR) is 66.5 cm³/mol. The number of aromatic nitrogens is 1. The molecule has 0 unspecified atom stereocenters. The first kappa shape index (κ1) is 13.4. The minimum Gasteiger partial charge on any atom is -0.490 e. The maximum atomic E-state index is 7.19. The molecule has 0 aliphatic carbocycles. The van der Waals surface area contributed by atoms with Crippen LogP contribution in [0.25, 0.3) is 0 Å². The molecule has 94 valence electrons. The minimum absolute atomic E-state index is 0.0422. The SMILES string of the molecule is CCCCOCCOc1ccc(C(=N)N)nc1. The lowest BCUT2D eigenvalue weighted by molar-refractivity contribution is 0.0979. The van der Waals surface area contributed by atoms with E-state index in [9.17, 15) is 0 Å². The van der Waals surface area contributed by atoms with Gasteiger partial charge in [-0.1, -0.05) is 13.3 Å². The molecule has 0 fully saturated rings. The Morgan fingerprint density at radius 3 is 2.76 bits per heavy atom. The average molecular weight is 237 g/mol. The molecule has 3 N–H and O–H groups in total. The van der Waals surface area contributed by atoms with Crippen molar-refractivity contribution in [3.8, 4) is 5.75 Å². The summed E-state index contributed by atoms with van der Waals surface area (Å²) in [6.45, 7) is 3.99. The normalized spacial score (nSPS) is 10.2. The quantitative estimate of drug-likeness (QED) is 0.408. The molecule has 5 nitrogen and oxygen atoms in total. The number of hydrogen-bond acceptors (Lipinski definition) is 4. The van der Waals surface area contributed by atoms with E-state index >= 15 is 0 Å². The van der Waals surface area contributed by atoms with Crippen molar-refractivity contribution in [3.63, 3.8) is 0 Å². The van der Waals surface area contributed by atoms with Crippen LogP contribution < -0.4 is 10.5 Å². The highest BCUT2D eigenvalue weighted by Crippen LogP contribution is 2.08. The van der Waals surface area contributed by atoms with Crippen molar-refractivity contribution >= 4 is 5.84 Å². The molecule has 0 atom stereocenters. The van der Waals surface area contributed by atoms with Crippen LogP contribution in [0.15, 0.2) is 18.3 Å². The summed E-state index contributed by atoms with van der Waals surface area (Å²) in [4.78, 5) is 3.99. The van der Waals surface area contributed by atoms with Gasteiger partial charge in [0.15, 0.2) is 0 Å². The first-order valence-electron chi connectivity index (χ1n) is 5.75. The number of nitrogens with zero attached hydrogens (tertiary/aromatic N) is 1. The van der Waals surface area contributed by atoms with Gasteiger partial charge in [-0.25, -0.2) is 4.98 Å². The standard InChI is InChI=1S/C12H19N3O2/c1-2-3-6-16-7-8-17-10-4-5-11(12(13)14)15-9-10/h4-5,9H,2-3,6-8H2,1H3,(H3,13,14). The van der Waals surface area contributed by atoms with E-state index in [0.29, 0.717) is 24.7 Å². The van der Waals surface area contributed by atoms with Gasteiger partial charge in [0.25, 0.3) is 0 Å². The Labute approximate surface area is 101 Å². The molecule has 0 radical (unpaired) electrons. The van der Waals surface area contributed by atoms with Crippen LogP contribution in [0.4, 0.5) is 0 Å². The van der Waals surface area contributed by atoms with E-state index in [4.69, 9.17) is 20.6 Å². The van der Waals surface area contributed by atoms with Crippen LogP contribution in [0.1, 0.15) is 25.5 Å². The highest BCUT2D eigenvalue weighted by atomic mass is 16.5. The van der Waals surface area contributed by atoms with Crippen molar-refractivity contribution in [2.75, 3.05) is 19.8 Å². The first-order valence-corrected chi connectivity index (χ1v) is 5.75. The van der Waals surface area contributed by atoms with Gasteiger partial charge in [0.2, 0.25) is 0 Å². The first-order chi connectivity index (χ1) is 8.24. The zero-order valence-electron chi connectivity index (χ0n) is 10.1. The number of nitrogens with one attached hydrogen (secondary N) is 1. The fourth-order valence-electron chi connectivity index (χ4n) is 1.19. The van der Waals surface area contributed by atoms with Crippen molar-refractivity contribution in [1.82, 2.24) is 4.98 Å². The van der Waals surface area contributed by atoms with Gasteiger partial charge in [0.1, 0.15) is 23.9 Å². The summed E-state index contributed by atoms with van der Waals surface area (Å²) in [7, 11) is 0. The number of amidine groups is 1. The molecular weight excluding hydrogens is 218 g/mol. The fraction of sp³-hybridized carbons (Fsp3) is 0.500. The number of nitrogens with two attached hydrogens (primary N) is 1. The van der Waals surface area contributed by atoms with E-state index in [2.05, 4.69) is 11.9 Å². The summed E-state index contributed by atoms with van der Waals surface area (Å²) in [6.07, 6.45) is 3.77. The molecule has 0 aromatic carbocycles. The Kier molecular flexibility index (Phi) is 6.03. The Morgan fingerprint density at radius 2 is 2.18 bits per heavy atom. The largest absolute Gasteiger partial charge is 0.490 e. The summed E-state index contributed by atoms with van der Waals surface area (Å²) in [5, 5.41) is 7.19. The summed E-state index contributed by atoms with van der Waals surface area (Å²) in [5.74, 6) is 0.619. The van der Waals surface area contributed by atoms with Crippen LogP contribution in [0.2, 0.25) is 0 Å². The van der Waals surface area contributed by atoms with Crippen molar-refractivity contribution in [2.45, 2.75) is 19.8 Å². The van der Waals surface area contributed by atoms with Gasteiger partial charge in [-0.2, -0.15) is 0 Å². The smallest absolute Gasteiger partial charge is 0.141 e. The van der Waals surface area contributed by atoms with Gasteiger partial charge >= 0.3 is 0 Å². The summed E-state index contributed by atoms with van der Waals surface area (Å²) in [5.41, 5.74) is 5.75. The molecule has 0 aliphatic rings. The molecule has 1 aromatic heterocycles. The predicted octanol–water partition coefficient (Wildman–Crippen LogP) is 1.56. The Hall–Kier alpha value is -1.62. The van der Waals surface area contributed by atoms with Crippen LogP contribution >= 0.6 is 0 Å². The Morgan fingerprint density at radius 1 is 1.35 bits per heavy atom. The third-order valence-corrected chi connectivity index (χ3v) is 2.15. The van der Waals surface area contributed by atoms with Gasteiger partial charge in [0, 0.05) is 6.61 Å². The van der Waals surface area contributed by atoms with Gasteiger partial charge in [-0.3, -0.25) is 5.41 Å². The number of pyridine rings is 1. The molecule has 0 amide bonds. The highest BCUT2D eigenvalue weighted by Gasteiger charge is 1.99. The lowest BCUT2D eigenvalue weighted by atomic mass is 10.3. The summed E-state index contributed by atoms with van der Waals surface area (Å²) < 4.78 is 10.8. The van der Waals surface area contributed by atoms with Gasteiger partial charge in [-0.15, -0.1) is 0 Å². The lowest BCUT2D eigenvalue weighted by Gasteiger charge is -2.06. The van der Waals surface area contributed by atoms with E-state index in [1.807, 2.05) is 0 Å². The molecule has 0 saturated heterocycles. The number of nitrogen functional groups attached to an aromatic ring is 1. The number of ether oxygens (including phenoxy) is 2. The van der Waals surface area contributed by atoms with Crippen molar-refractivity contribution in [2.24, 2.45) is 5.73 Å². The number of hydrogen-bond donors (Lipinski definition) is 2. The van der Waals surface area contributed by atoms with Gasteiger partial charge in [-0.05, 0) is 18.6 Å². The summed E-state index contributed by atoms with van der Waals surface area (Å²) in [6, 6.07) is 3.41. The van der Waals surface area contributed by atoms with Crippen molar-refractivity contribution in [3.05, 3.63) is 24.0 Å². The third kappa shape index (κ3) is 5.31. The van der Waals surface area contributed by atoms with E-state index in [1.54, 1.807) is 18.3 Å². The van der Waals surface area contributed by atoms with Crippen LogP contribution in [-0.2, 0) is 4.74 Å². The zero-order chi connectivity index (χ0) is 12.5. The molecule has 1 heterocycles. The Bertz CT molecular complexity index is 338. The Balaban J connectivity index is 2.21. The minimum atomic E-state index is -0.0422. The van der Waals surface area contributed by atoms with Crippen LogP contribution in [0.3, 0.4) is 0 Å². The third-order valence-electron chi connectivity index (χ3n) is 2.15. The van der Waals surface area contributed by atoms with Gasteiger partial charge in [0.05, 0.1) is 12.8 Å². The fourth-order valence-corrected chi connectivity index (χ4v) is 1.19. The van der Waals surface area contributed by atoms with Crippen LogP contribution in [-0.4, -0.2) is 30.6 Å². The molecule has 1 rings (SSSR count). The molecule has 0 bridgehead atoms. The number of rotatable bonds is 8.